The molecule has 5 aromatic rings. The number of anilines is 1. The largest absolute Gasteiger partial charge is 0.361 e. The monoisotopic (exact) mass is 377 g/mol. The summed E-state index contributed by atoms with van der Waals surface area (Å²) in [6.07, 6.45) is 10.1. The van der Waals surface area contributed by atoms with Crippen molar-refractivity contribution in [2.75, 3.05) is 11.9 Å². The SMILES string of the molecule is Fc1ccc2c(c1)c1cnccc1c1sc(NCCCn3ccnc3)nc21. The van der Waals surface area contributed by atoms with Crippen LogP contribution in [0.4, 0.5) is 9.52 Å². The fourth-order valence-electron chi connectivity index (χ4n) is 3.39. The second-order valence-electron chi connectivity index (χ2n) is 6.39. The van der Waals surface area contributed by atoms with E-state index in [9.17, 15) is 4.39 Å². The van der Waals surface area contributed by atoms with Crippen LogP contribution in [-0.4, -0.2) is 26.1 Å². The first-order valence-electron chi connectivity index (χ1n) is 8.75. The number of pyridine rings is 1. The minimum absolute atomic E-state index is 0.250. The molecule has 5 rings (SSSR count). The van der Waals surface area contributed by atoms with E-state index in [-0.39, 0.29) is 5.82 Å². The van der Waals surface area contributed by atoms with Gasteiger partial charge in [-0.1, -0.05) is 11.3 Å². The normalized spacial score (nSPS) is 11.6. The maximum absolute atomic E-state index is 13.8. The van der Waals surface area contributed by atoms with Crippen LogP contribution < -0.4 is 5.32 Å². The Morgan fingerprint density at radius 3 is 2.89 bits per heavy atom. The zero-order valence-corrected chi connectivity index (χ0v) is 15.2. The standard InChI is InChI=1S/C20H16FN5S/c21-13-2-3-14-16(10-13)17-11-22-6-4-15(17)19-18(14)25-20(27-19)24-5-1-8-26-9-7-23-12-26/h2-4,6-7,9-12H,1,5,8H2,(H,24,25). The molecule has 0 radical (unpaired) electrons. The number of rotatable bonds is 5. The lowest BCUT2D eigenvalue weighted by Gasteiger charge is -2.05. The second kappa shape index (κ2) is 6.59. The first-order valence-corrected chi connectivity index (χ1v) is 9.56. The van der Waals surface area contributed by atoms with E-state index in [2.05, 4.69) is 19.9 Å². The molecular weight excluding hydrogens is 361 g/mol. The van der Waals surface area contributed by atoms with Gasteiger partial charge in [0.15, 0.2) is 5.13 Å². The summed E-state index contributed by atoms with van der Waals surface area (Å²) in [6.45, 7) is 1.73. The molecule has 0 amide bonds. The Morgan fingerprint density at radius 1 is 1.04 bits per heavy atom. The number of hydrogen-bond donors (Lipinski definition) is 1. The Bertz CT molecular complexity index is 1250. The van der Waals surface area contributed by atoms with Gasteiger partial charge in [-0.05, 0) is 36.1 Å². The van der Waals surface area contributed by atoms with E-state index in [0.717, 1.165) is 56.4 Å². The van der Waals surface area contributed by atoms with Crippen LogP contribution in [0.15, 0.2) is 55.4 Å². The first kappa shape index (κ1) is 16.1. The summed E-state index contributed by atoms with van der Waals surface area (Å²) in [7, 11) is 0. The van der Waals surface area contributed by atoms with Crippen LogP contribution in [0.2, 0.25) is 0 Å². The molecule has 0 unspecified atom stereocenters. The van der Waals surface area contributed by atoms with Crippen molar-refractivity contribution in [3.05, 3.63) is 61.2 Å². The molecule has 1 N–H and O–H groups in total. The van der Waals surface area contributed by atoms with Gasteiger partial charge in [0, 0.05) is 54.0 Å². The molecule has 27 heavy (non-hydrogen) atoms. The van der Waals surface area contributed by atoms with Crippen LogP contribution in [-0.2, 0) is 6.54 Å². The molecule has 0 saturated heterocycles. The quantitative estimate of drug-likeness (QED) is 0.352. The molecule has 134 valence electrons. The van der Waals surface area contributed by atoms with Crippen molar-refractivity contribution in [1.82, 2.24) is 19.5 Å². The minimum Gasteiger partial charge on any atom is -0.361 e. The van der Waals surface area contributed by atoms with Gasteiger partial charge >= 0.3 is 0 Å². The highest BCUT2D eigenvalue weighted by atomic mass is 32.1. The van der Waals surface area contributed by atoms with Crippen molar-refractivity contribution in [2.24, 2.45) is 0 Å². The zero-order chi connectivity index (χ0) is 18.2. The zero-order valence-electron chi connectivity index (χ0n) is 14.4. The average molecular weight is 377 g/mol. The molecular formula is C20H16FN5S. The third-order valence-corrected chi connectivity index (χ3v) is 5.69. The molecule has 7 heteroatoms. The number of imidazole rings is 1. The molecule has 0 bridgehead atoms. The summed E-state index contributed by atoms with van der Waals surface area (Å²) < 4.78 is 17.0. The summed E-state index contributed by atoms with van der Waals surface area (Å²) in [4.78, 5) is 13.1. The van der Waals surface area contributed by atoms with Gasteiger partial charge in [-0.15, -0.1) is 0 Å². The Morgan fingerprint density at radius 2 is 2.00 bits per heavy atom. The van der Waals surface area contributed by atoms with Crippen molar-refractivity contribution in [1.29, 1.82) is 0 Å². The number of aromatic nitrogens is 4. The van der Waals surface area contributed by atoms with E-state index in [1.807, 2.05) is 24.7 Å². The van der Waals surface area contributed by atoms with Crippen molar-refractivity contribution in [2.45, 2.75) is 13.0 Å². The number of benzene rings is 2. The van der Waals surface area contributed by atoms with E-state index in [0.29, 0.717) is 0 Å². The van der Waals surface area contributed by atoms with Gasteiger partial charge in [-0.25, -0.2) is 14.4 Å². The van der Waals surface area contributed by atoms with Crippen LogP contribution in [0.5, 0.6) is 0 Å². The number of thiazole rings is 1. The maximum Gasteiger partial charge on any atom is 0.183 e. The topological polar surface area (TPSA) is 55.6 Å². The predicted octanol–water partition coefficient (Wildman–Crippen LogP) is 4.84. The number of halogens is 1. The number of fused-ring (bicyclic) bond motifs is 6. The van der Waals surface area contributed by atoms with Gasteiger partial charge in [-0.3, -0.25) is 4.98 Å². The molecule has 5 nitrogen and oxygen atoms in total. The molecule has 0 saturated carbocycles. The van der Waals surface area contributed by atoms with Crippen molar-refractivity contribution >= 4 is 48.2 Å². The molecule has 0 fully saturated rings. The van der Waals surface area contributed by atoms with E-state index >= 15 is 0 Å². The van der Waals surface area contributed by atoms with E-state index in [4.69, 9.17) is 4.98 Å². The third-order valence-electron chi connectivity index (χ3n) is 4.65. The van der Waals surface area contributed by atoms with Crippen LogP contribution in [0, 0.1) is 5.82 Å². The fourth-order valence-corrected chi connectivity index (χ4v) is 4.43. The lowest BCUT2D eigenvalue weighted by atomic mass is 10.0. The summed E-state index contributed by atoms with van der Waals surface area (Å²) in [5, 5.41) is 8.12. The Kier molecular flexibility index (Phi) is 3.94. The van der Waals surface area contributed by atoms with Crippen LogP contribution in [0.3, 0.4) is 0 Å². The van der Waals surface area contributed by atoms with Crippen LogP contribution in [0.1, 0.15) is 6.42 Å². The Hall–Kier alpha value is -3.06. The average Bonchev–Trinajstić information content (AvgIpc) is 3.35. The predicted molar refractivity (Wildman–Crippen MR) is 108 cm³/mol. The molecule has 0 spiro atoms. The van der Waals surface area contributed by atoms with Gasteiger partial charge < -0.3 is 9.88 Å². The summed E-state index contributed by atoms with van der Waals surface area (Å²) in [5.41, 5.74) is 0.908. The first-order chi connectivity index (χ1) is 13.3. The van der Waals surface area contributed by atoms with Gasteiger partial charge in [0.25, 0.3) is 0 Å². The highest BCUT2D eigenvalue weighted by Gasteiger charge is 2.14. The number of aryl methyl sites for hydroxylation is 1. The van der Waals surface area contributed by atoms with Crippen molar-refractivity contribution in [3.63, 3.8) is 0 Å². The molecule has 0 aliphatic carbocycles. The number of hydrogen-bond acceptors (Lipinski definition) is 5. The van der Waals surface area contributed by atoms with Crippen molar-refractivity contribution in [3.8, 4) is 0 Å². The summed E-state index contributed by atoms with van der Waals surface area (Å²) >= 11 is 1.63. The van der Waals surface area contributed by atoms with Crippen LogP contribution >= 0.6 is 11.3 Å². The molecule has 2 aromatic carbocycles. The molecule has 3 heterocycles. The fraction of sp³-hybridized carbons (Fsp3) is 0.150. The van der Waals surface area contributed by atoms with Gasteiger partial charge in [-0.2, -0.15) is 0 Å². The van der Waals surface area contributed by atoms with Crippen molar-refractivity contribution < 1.29 is 4.39 Å². The van der Waals surface area contributed by atoms with Crippen LogP contribution in [0.25, 0.3) is 31.8 Å². The summed E-state index contributed by atoms with van der Waals surface area (Å²) in [6, 6.07) is 6.84. The smallest absolute Gasteiger partial charge is 0.183 e. The Balaban J connectivity index is 1.52. The minimum atomic E-state index is -0.250. The number of nitrogens with zero attached hydrogens (tertiary/aromatic N) is 4. The maximum atomic E-state index is 13.8. The number of nitrogens with one attached hydrogen (secondary N) is 1. The van der Waals surface area contributed by atoms with Gasteiger partial charge in [0.1, 0.15) is 5.82 Å². The highest BCUT2D eigenvalue weighted by Crippen LogP contribution is 2.39. The van der Waals surface area contributed by atoms with Gasteiger partial charge in [0.2, 0.25) is 0 Å². The second-order valence-corrected chi connectivity index (χ2v) is 7.39. The Labute approximate surface area is 158 Å². The lowest BCUT2D eigenvalue weighted by Crippen LogP contribution is -2.05. The van der Waals surface area contributed by atoms with Gasteiger partial charge in [0.05, 0.1) is 16.5 Å². The molecule has 0 atom stereocenters. The highest BCUT2D eigenvalue weighted by molar-refractivity contribution is 7.23. The molecule has 0 aliphatic rings. The van der Waals surface area contributed by atoms with E-state index < -0.39 is 0 Å². The summed E-state index contributed by atoms with van der Waals surface area (Å²) in [5.74, 6) is -0.250. The third kappa shape index (κ3) is 2.90. The van der Waals surface area contributed by atoms with E-state index in [1.165, 1.54) is 6.07 Å². The van der Waals surface area contributed by atoms with E-state index in [1.54, 1.807) is 36.0 Å². The molecule has 0 aliphatic heterocycles. The lowest BCUT2D eigenvalue weighted by molar-refractivity contribution is 0.630. The molecule has 3 aromatic heterocycles.